The van der Waals surface area contributed by atoms with Gasteiger partial charge in [0.25, 0.3) is 0 Å². The van der Waals surface area contributed by atoms with Crippen molar-refractivity contribution in [2.24, 2.45) is 5.92 Å². The number of sulfonamides is 1. The molecule has 0 atom stereocenters. The van der Waals surface area contributed by atoms with Crippen LogP contribution in [0.15, 0.2) is 17.0 Å². The van der Waals surface area contributed by atoms with Gasteiger partial charge in [-0.1, -0.05) is 11.6 Å². The summed E-state index contributed by atoms with van der Waals surface area (Å²) in [5.74, 6) is -0.421. The fourth-order valence-electron chi connectivity index (χ4n) is 5.34. The highest BCUT2D eigenvalue weighted by Gasteiger charge is 2.45. The van der Waals surface area contributed by atoms with E-state index in [4.69, 9.17) is 11.6 Å². The summed E-state index contributed by atoms with van der Waals surface area (Å²) in [5.41, 5.74) is 0.256. The minimum absolute atomic E-state index is 0.0143. The van der Waals surface area contributed by atoms with Gasteiger partial charge < -0.3 is 4.90 Å². The molecule has 1 saturated heterocycles. The van der Waals surface area contributed by atoms with E-state index >= 15 is 0 Å². The van der Waals surface area contributed by atoms with Crippen molar-refractivity contribution in [3.05, 3.63) is 28.5 Å². The molecule has 6 nitrogen and oxygen atoms in total. The van der Waals surface area contributed by atoms with Crippen LogP contribution in [-0.2, 0) is 14.8 Å². The van der Waals surface area contributed by atoms with Gasteiger partial charge in [0.05, 0.1) is 9.92 Å². The minimum Gasteiger partial charge on any atom is -0.340 e. The highest BCUT2D eigenvalue weighted by Crippen LogP contribution is 2.41. The largest absolute Gasteiger partial charge is 0.340 e. The van der Waals surface area contributed by atoms with Gasteiger partial charge in [0.2, 0.25) is 15.9 Å². The first-order chi connectivity index (χ1) is 15.6. The first-order valence-corrected chi connectivity index (χ1v) is 13.9. The van der Waals surface area contributed by atoms with Crippen LogP contribution >= 0.6 is 11.6 Å². The smallest absolute Gasteiger partial charge is 0.243 e. The molecule has 0 radical (unpaired) electrons. The second kappa shape index (κ2) is 9.80. The number of piperazine rings is 1. The molecule has 2 aliphatic carbocycles. The Labute approximate surface area is 202 Å². The molecule has 0 aromatic heterocycles. The summed E-state index contributed by atoms with van der Waals surface area (Å²) in [6.07, 6.45) is 4.43. The lowest BCUT2D eigenvalue weighted by Gasteiger charge is -2.40. The fourth-order valence-corrected chi connectivity index (χ4v) is 7.72. The zero-order valence-corrected chi connectivity index (χ0v) is 21.3. The van der Waals surface area contributed by atoms with Gasteiger partial charge in [0.15, 0.2) is 0 Å². The van der Waals surface area contributed by atoms with Crippen molar-refractivity contribution < 1.29 is 17.6 Å². The molecule has 1 heterocycles. The third-order valence-electron chi connectivity index (χ3n) is 7.51. The van der Waals surface area contributed by atoms with Crippen LogP contribution in [0, 0.1) is 18.7 Å². The molecule has 1 aromatic rings. The monoisotopic (exact) mass is 499 g/mol. The van der Waals surface area contributed by atoms with E-state index in [2.05, 4.69) is 18.7 Å². The van der Waals surface area contributed by atoms with E-state index in [0.717, 1.165) is 45.1 Å². The average molecular weight is 500 g/mol. The molecule has 1 aromatic carbocycles. The number of hydrogen-bond acceptors (Lipinski definition) is 4. The molecule has 4 rings (SSSR count). The fraction of sp³-hybridized carbons (Fsp3) is 0.708. The molecule has 33 heavy (non-hydrogen) atoms. The van der Waals surface area contributed by atoms with Gasteiger partial charge in [-0.05, 0) is 77.0 Å². The predicted molar refractivity (Wildman–Crippen MR) is 127 cm³/mol. The number of rotatable bonds is 6. The summed E-state index contributed by atoms with van der Waals surface area (Å²) in [4.78, 5) is 17.6. The van der Waals surface area contributed by atoms with Crippen LogP contribution in [0.3, 0.4) is 0 Å². The second-order valence-electron chi connectivity index (χ2n) is 10.0. The quantitative estimate of drug-likeness (QED) is 0.592. The third kappa shape index (κ3) is 5.09. The van der Waals surface area contributed by atoms with Crippen LogP contribution in [0.1, 0.15) is 57.9 Å². The third-order valence-corrected chi connectivity index (χ3v) is 10.1. The van der Waals surface area contributed by atoms with E-state index in [9.17, 15) is 17.6 Å². The van der Waals surface area contributed by atoms with E-state index in [1.54, 1.807) is 11.2 Å². The molecular weight excluding hydrogens is 465 g/mol. The molecule has 9 heteroatoms. The van der Waals surface area contributed by atoms with Gasteiger partial charge in [-0.25, -0.2) is 12.8 Å². The van der Waals surface area contributed by atoms with Crippen molar-refractivity contribution in [3.63, 3.8) is 0 Å². The molecule has 1 aliphatic heterocycles. The summed E-state index contributed by atoms with van der Waals surface area (Å²) >= 11 is 6.03. The molecule has 3 fully saturated rings. The zero-order chi connectivity index (χ0) is 23.9. The van der Waals surface area contributed by atoms with Crippen molar-refractivity contribution >= 4 is 27.5 Å². The van der Waals surface area contributed by atoms with Gasteiger partial charge >= 0.3 is 0 Å². The van der Waals surface area contributed by atoms with Crippen LogP contribution in [0.5, 0.6) is 0 Å². The average Bonchev–Trinajstić information content (AvgIpc) is 3.62. The van der Waals surface area contributed by atoms with Crippen molar-refractivity contribution in [1.29, 1.82) is 0 Å². The van der Waals surface area contributed by atoms with E-state index < -0.39 is 15.8 Å². The first kappa shape index (κ1) is 24.9. The van der Waals surface area contributed by atoms with Crippen LogP contribution in [0.2, 0.25) is 5.02 Å². The number of carbonyl (C=O) groups is 1. The topological polar surface area (TPSA) is 60.9 Å². The Hall–Kier alpha value is -1.22. The molecule has 0 spiro atoms. The van der Waals surface area contributed by atoms with E-state index in [1.807, 2.05) is 4.90 Å². The molecular formula is C24H35ClFN3O3S. The minimum atomic E-state index is -3.80. The Morgan fingerprint density at radius 1 is 1.03 bits per heavy atom. The van der Waals surface area contributed by atoms with Crippen LogP contribution < -0.4 is 0 Å². The van der Waals surface area contributed by atoms with Crippen molar-refractivity contribution in [2.45, 2.75) is 82.3 Å². The number of nitrogens with zero attached hydrogens (tertiary/aromatic N) is 3. The maximum atomic E-state index is 13.8. The maximum Gasteiger partial charge on any atom is 0.243 e. The van der Waals surface area contributed by atoms with Crippen LogP contribution in [0.25, 0.3) is 0 Å². The van der Waals surface area contributed by atoms with Crippen LogP contribution in [0.4, 0.5) is 4.39 Å². The lowest BCUT2D eigenvalue weighted by atomic mass is 9.85. The van der Waals surface area contributed by atoms with E-state index in [1.165, 1.54) is 6.07 Å². The van der Waals surface area contributed by atoms with Gasteiger partial charge in [0, 0.05) is 50.2 Å². The normalized spacial score (nSPS) is 25.1. The lowest BCUT2D eigenvalue weighted by Crippen LogP contribution is -2.52. The lowest BCUT2D eigenvalue weighted by molar-refractivity contribution is -0.138. The molecule has 0 unspecified atom stereocenters. The Morgan fingerprint density at radius 3 is 2.09 bits per heavy atom. The van der Waals surface area contributed by atoms with Crippen molar-refractivity contribution in [3.8, 4) is 0 Å². The Kier molecular flexibility index (Phi) is 7.39. The van der Waals surface area contributed by atoms with E-state index in [-0.39, 0.29) is 39.4 Å². The summed E-state index contributed by atoms with van der Waals surface area (Å²) in [5, 5.41) is -0.140. The molecule has 0 bridgehead atoms. The van der Waals surface area contributed by atoms with E-state index in [0.29, 0.717) is 31.7 Å². The van der Waals surface area contributed by atoms with Gasteiger partial charge in [-0.2, -0.15) is 4.31 Å². The first-order valence-electron chi connectivity index (χ1n) is 12.1. The summed E-state index contributed by atoms with van der Waals surface area (Å²) in [6, 6.07) is 2.80. The molecule has 1 amide bonds. The van der Waals surface area contributed by atoms with Crippen molar-refractivity contribution in [2.75, 3.05) is 26.2 Å². The summed E-state index contributed by atoms with van der Waals surface area (Å²) in [6.45, 7) is 9.27. The van der Waals surface area contributed by atoms with Gasteiger partial charge in [-0.15, -0.1) is 0 Å². The molecule has 0 N–H and O–H groups in total. The zero-order valence-electron chi connectivity index (χ0n) is 19.8. The summed E-state index contributed by atoms with van der Waals surface area (Å²) < 4.78 is 42.7. The Morgan fingerprint density at radius 2 is 1.58 bits per heavy atom. The highest BCUT2D eigenvalue weighted by molar-refractivity contribution is 7.89. The van der Waals surface area contributed by atoms with Crippen molar-refractivity contribution in [1.82, 2.24) is 14.1 Å². The standard InChI is InChI=1S/C24H35ClFN3O3S/c1-16(2)27-12-14-28(15-13-27)24(30)18-4-6-19(7-5-18)29(20-8-9-20)33(31,32)22-11-10-21(26)23(25)17(22)3/h10-11,16,18-20H,4-9,12-15H2,1-3H3/t18-,19-. The van der Waals surface area contributed by atoms with Gasteiger partial charge in [-0.3, -0.25) is 9.69 Å². The number of carbonyl (C=O) groups excluding carboxylic acids is 1. The molecule has 184 valence electrons. The SMILES string of the molecule is Cc1c(S(=O)(=O)N(C2CC2)[C@H]2CC[C@H](C(=O)N3CCN(C(C)C)CC3)CC2)ccc(F)c1Cl. The number of hydrogen-bond donors (Lipinski definition) is 0. The highest BCUT2D eigenvalue weighted by atomic mass is 35.5. The number of benzene rings is 1. The number of amides is 1. The number of halogens is 2. The Balaban J connectivity index is 1.43. The Bertz CT molecular complexity index is 983. The van der Waals surface area contributed by atoms with Gasteiger partial charge in [0.1, 0.15) is 5.82 Å². The second-order valence-corrected chi connectivity index (χ2v) is 12.2. The summed E-state index contributed by atoms with van der Waals surface area (Å²) in [7, 11) is -3.80. The molecule has 3 aliphatic rings. The molecule has 2 saturated carbocycles. The predicted octanol–water partition coefficient (Wildman–Crippen LogP) is 4.05. The maximum absolute atomic E-state index is 13.8. The van der Waals surface area contributed by atoms with Crippen LogP contribution in [-0.4, -0.2) is 72.7 Å².